The first-order chi connectivity index (χ1) is 17.8. The Morgan fingerprint density at radius 3 is 0.917 bits per heavy atom. The number of carbonyl (C=O) groups excluding carboxylic acids is 1. The van der Waals surface area contributed by atoms with Gasteiger partial charge in [0.1, 0.15) is 0 Å². The van der Waals surface area contributed by atoms with Gasteiger partial charge in [0, 0.05) is 13.1 Å². The van der Waals surface area contributed by atoms with Gasteiger partial charge >= 0.3 is 6.09 Å². The first-order valence-electron chi connectivity index (χ1n) is 16.7. The average Bonchev–Trinajstić information content (AvgIpc) is 2.88. The molecule has 0 unspecified atom stereocenters. The molecule has 0 aromatic rings. The summed E-state index contributed by atoms with van der Waals surface area (Å²) in [5.41, 5.74) is 0. The molecule has 0 saturated carbocycles. The molecule has 0 heterocycles. The van der Waals surface area contributed by atoms with E-state index < -0.39 is 0 Å². The highest BCUT2D eigenvalue weighted by molar-refractivity contribution is 5.67. The summed E-state index contributed by atoms with van der Waals surface area (Å²) in [5.74, 6) is 0. The molecule has 3 heteroatoms. The van der Waals surface area contributed by atoms with Gasteiger partial charge in [-0.05, 0) is 19.8 Å². The molecule has 0 atom stereocenters. The maximum Gasteiger partial charge on any atom is 0.409 e. The zero-order valence-corrected chi connectivity index (χ0v) is 25.3. The van der Waals surface area contributed by atoms with Crippen molar-refractivity contribution in [1.29, 1.82) is 0 Å². The Labute approximate surface area is 227 Å². The van der Waals surface area contributed by atoms with Crippen molar-refractivity contribution in [2.24, 2.45) is 0 Å². The molecule has 0 radical (unpaired) electrons. The van der Waals surface area contributed by atoms with Gasteiger partial charge in [-0.1, -0.05) is 168 Å². The molecule has 1 amide bonds. The Hall–Kier alpha value is -0.730. The monoisotopic (exact) mass is 510 g/mol. The fraction of sp³-hybridized carbons (Fsp3) is 0.970. The summed E-state index contributed by atoms with van der Waals surface area (Å²) in [6.07, 6.45) is 35.3. The van der Waals surface area contributed by atoms with E-state index in [4.69, 9.17) is 4.74 Å². The van der Waals surface area contributed by atoms with Crippen molar-refractivity contribution < 1.29 is 9.53 Å². The van der Waals surface area contributed by atoms with Gasteiger partial charge in [0.15, 0.2) is 0 Å². The summed E-state index contributed by atoms with van der Waals surface area (Å²) in [4.78, 5) is 14.3. The van der Waals surface area contributed by atoms with Gasteiger partial charge in [0.25, 0.3) is 0 Å². The lowest BCUT2D eigenvalue weighted by molar-refractivity contribution is 0.105. The van der Waals surface area contributed by atoms with Gasteiger partial charge in [0.05, 0.1) is 6.61 Å². The molecular weight excluding hydrogens is 442 g/mol. The third-order valence-electron chi connectivity index (χ3n) is 7.59. The van der Waals surface area contributed by atoms with E-state index >= 15 is 0 Å². The summed E-state index contributed by atoms with van der Waals surface area (Å²) in [5, 5.41) is 0. The third-order valence-corrected chi connectivity index (χ3v) is 7.59. The van der Waals surface area contributed by atoms with Crippen LogP contribution in [-0.2, 0) is 4.74 Å². The van der Waals surface area contributed by atoms with Gasteiger partial charge in [-0.25, -0.2) is 4.79 Å². The smallest absolute Gasteiger partial charge is 0.409 e. The Bertz CT molecular complexity index is 396. The Morgan fingerprint density at radius 1 is 0.417 bits per heavy atom. The summed E-state index contributed by atoms with van der Waals surface area (Å²) >= 11 is 0. The minimum Gasteiger partial charge on any atom is -0.450 e. The number of rotatable bonds is 29. The van der Waals surface area contributed by atoms with Crippen molar-refractivity contribution in [3.63, 3.8) is 0 Å². The largest absolute Gasteiger partial charge is 0.450 e. The number of unbranched alkanes of at least 4 members (excludes halogenated alkanes) is 24. The van der Waals surface area contributed by atoms with Crippen LogP contribution >= 0.6 is 0 Å². The molecule has 0 N–H and O–H groups in total. The average molecular weight is 510 g/mol. The van der Waals surface area contributed by atoms with E-state index in [2.05, 4.69) is 13.8 Å². The summed E-state index contributed by atoms with van der Waals surface area (Å²) in [6, 6.07) is 0. The number of hydrogen-bond donors (Lipinski definition) is 0. The van der Waals surface area contributed by atoms with Crippen LogP contribution in [0.15, 0.2) is 0 Å². The molecule has 216 valence electrons. The highest BCUT2D eigenvalue weighted by atomic mass is 16.6. The Morgan fingerprint density at radius 2 is 0.667 bits per heavy atom. The van der Waals surface area contributed by atoms with Crippen molar-refractivity contribution in [3.05, 3.63) is 0 Å². The number of nitrogens with zero attached hydrogens (tertiary/aromatic N) is 1. The maximum absolute atomic E-state index is 12.3. The molecule has 36 heavy (non-hydrogen) atoms. The van der Waals surface area contributed by atoms with Crippen LogP contribution in [-0.4, -0.2) is 30.7 Å². The van der Waals surface area contributed by atoms with Crippen LogP contribution in [0.2, 0.25) is 0 Å². The first-order valence-corrected chi connectivity index (χ1v) is 16.7. The molecule has 0 saturated heterocycles. The lowest BCUT2D eigenvalue weighted by atomic mass is 10.0. The van der Waals surface area contributed by atoms with E-state index in [1.807, 2.05) is 11.8 Å². The molecule has 3 nitrogen and oxygen atoms in total. The highest BCUT2D eigenvalue weighted by Gasteiger charge is 2.13. The van der Waals surface area contributed by atoms with Crippen LogP contribution < -0.4 is 0 Å². The molecule has 0 aliphatic carbocycles. The van der Waals surface area contributed by atoms with E-state index in [1.54, 1.807) is 0 Å². The standard InChI is InChI=1S/C33H67NO2/c1-4-7-9-11-13-15-17-19-21-23-25-27-29-31-34(33(35)36-6-3)32-30-28-26-24-22-20-18-16-14-12-10-8-5-2/h4-32H2,1-3H3. The highest BCUT2D eigenvalue weighted by Crippen LogP contribution is 2.15. The fourth-order valence-corrected chi connectivity index (χ4v) is 5.15. The van der Waals surface area contributed by atoms with E-state index in [9.17, 15) is 4.79 Å². The number of ether oxygens (including phenoxy) is 1. The van der Waals surface area contributed by atoms with Crippen molar-refractivity contribution >= 4 is 6.09 Å². The second-order valence-electron chi connectivity index (χ2n) is 11.2. The molecule has 0 aliphatic rings. The SMILES string of the molecule is CCCCCCCCCCCCCCCN(CCCCCCCCCCCCCCC)C(=O)OCC. The van der Waals surface area contributed by atoms with Gasteiger partial charge in [0.2, 0.25) is 0 Å². The predicted molar refractivity (Wildman–Crippen MR) is 160 cm³/mol. The fourth-order valence-electron chi connectivity index (χ4n) is 5.15. The van der Waals surface area contributed by atoms with Crippen molar-refractivity contribution in [2.45, 2.75) is 188 Å². The van der Waals surface area contributed by atoms with Crippen LogP contribution in [0.1, 0.15) is 188 Å². The van der Waals surface area contributed by atoms with Crippen LogP contribution in [0.25, 0.3) is 0 Å². The van der Waals surface area contributed by atoms with Gasteiger partial charge in [-0.2, -0.15) is 0 Å². The first kappa shape index (κ1) is 35.3. The summed E-state index contributed by atoms with van der Waals surface area (Å²) < 4.78 is 5.32. The van der Waals surface area contributed by atoms with Crippen LogP contribution in [0.4, 0.5) is 4.79 Å². The minimum absolute atomic E-state index is 0.102. The van der Waals surface area contributed by atoms with E-state index in [0.29, 0.717) is 6.61 Å². The third kappa shape index (κ3) is 26.3. The quantitative estimate of drug-likeness (QED) is 0.0938. The lowest BCUT2D eigenvalue weighted by Gasteiger charge is -2.22. The van der Waals surface area contributed by atoms with Crippen molar-refractivity contribution in [1.82, 2.24) is 4.90 Å². The number of amides is 1. The maximum atomic E-state index is 12.3. The molecule has 0 fully saturated rings. The molecule has 0 bridgehead atoms. The van der Waals surface area contributed by atoms with Gasteiger partial charge < -0.3 is 9.64 Å². The number of carbonyl (C=O) groups is 1. The van der Waals surface area contributed by atoms with Gasteiger partial charge in [-0.3, -0.25) is 0 Å². The van der Waals surface area contributed by atoms with Crippen LogP contribution in [0, 0.1) is 0 Å². The lowest BCUT2D eigenvalue weighted by Crippen LogP contribution is -2.33. The molecular formula is C33H67NO2. The molecule has 0 aromatic carbocycles. The summed E-state index contributed by atoms with van der Waals surface area (Å²) in [7, 11) is 0. The summed E-state index contributed by atoms with van der Waals surface area (Å²) in [6.45, 7) is 8.70. The van der Waals surface area contributed by atoms with Gasteiger partial charge in [-0.15, -0.1) is 0 Å². The van der Waals surface area contributed by atoms with E-state index in [0.717, 1.165) is 25.9 Å². The zero-order valence-electron chi connectivity index (χ0n) is 25.3. The topological polar surface area (TPSA) is 29.5 Å². The van der Waals surface area contributed by atoms with Crippen molar-refractivity contribution in [2.75, 3.05) is 19.7 Å². The second-order valence-corrected chi connectivity index (χ2v) is 11.2. The molecule has 0 spiro atoms. The minimum atomic E-state index is -0.102. The van der Waals surface area contributed by atoms with Crippen LogP contribution in [0.3, 0.4) is 0 Å². The number of hydrogen-bond acceptors (Lipinski definition) is 2. The normalized spacial score (nSPS) is 11.2. The molecule has 0 aliphatic heterocycles. The Balaban J connectivity index is 3.63. The Kier molecular flexibility index (Phi) is 29.9. The predicted octanol–water partition coefficient (Wildman–Crippen LogP) is 11.6. The molecule has 0 aromatic heterocycles. The molecule has 0 rings (SSSR count). The second kappa shape index (κ2) is 30.5. The van der Waals surface area contributed by atoms with Crippen molar-refractivity contribution in [3.8, 4) is 0 Å². The van der Waals surface area contributed by atoms with E-state index in [1.165, 1.54) is 154 Å². The van der Waals surface area contributed by atoms with Crippen LogP contribution in [0.5, 0.6) is 0 Å². The zero-order chi connectivity index (χ0) is 26.4. The van der Waals surface area contributed by atoms with E-state index in [-0.39, 0.29) is 6.09 Å².